The molecule has 2 rings (SSSR count). The van der Waals surface area contributed by atoms with Gasteiger partial charge in [-0.2, -0.15) is 0 Å². The second-order valence-corrected chi connectivity index (χ2v) is 7.71. The molecule has 0 aliphatic heterocycles. The first-order valence-corrected chi connectivity index (χ1v) is 9.28. The second kappa shape index (κ2) is 8.96. The predicted molar refractivity (Wildman–Crippen MR) is 115 cm³/mol. The molecule has 0 heterocycles. The summed E-state index contributed by atoms with van der Waals surface area (Å²) in [7, 11) is 1.47. The van der Waals surface area contributed by atoms with Crippen molar-refractivity contribution in [3.8, 4) is 5.75 Å². The molecule has 0 fully saturated rings. The Balaban J connectivity index is 2.47. The number of nitro groups is 1. The number of nitrogens with one attached hydrogen (secondary N) is 1. The van der Waals surface area contributed by atoms with Crippen molar-refractivity contribution in [3.05, 3.63) is 74.8 Å². The van der Waals surface area contributed by atoms with Crippen molar-refractivity contribution in [2.45, 2.75) is 26.3 Å². The molecule has 0 atom stereocenters. The molecular formula is C21H22ClN3O5. The van der Waals surface area contributed by atoms with E-state index in [4.69, 9.17) is 16.3 Å². The molecule has 30 heavy (non-hydrogen) atoms. The third kappa shape index (κ3) is 4.77. The first-order chi connectivity index (χ1) is 14.0. The number of non-ortho nitro benzene ring substituents is 1. The summed E-state index contributed by atoms with van der Waals surface area (Å²) in [4.78, 5) is 36.7. The van der Waals surface area contributed by atoms with Crippen LogP contribution in [0.3, 0.4) is 0 Å². The Morgan fingerprint density at radius 1 is 1.23 bits per heavy atom. The lowest BCUT2D eigenvalue weighted by Gasteiger charge is -2.35. The molecule has 0 saturated carbocycles. The van der Waals surface area contributed by atoms with Gasteiger partial charge in [-0.3, -0.25) is 25.1 Å². The van der Waals surface area contributed by atoms with Gasteiger partial charge in [-0.05, 0) is 39.0 Å². The summed E-state index contributed by atoms with van der Waals surface area (Å²) in [6, 6.07) is 8.45. The summed E-state index contributed by atoms with van der Waals surface area (Å²) in [5.41, 5.74) is 2.04. The van der Waals surface area contributed by atoms with Gasteiger partial charge >= 0.3 is 0 Å². The van der Waals surface area contributed by atoms with E-state index < -0.39 is 22.3 Å². The predicted octanol–water partition coefficient (Wildman–Crippen LogP) is 4.49. The van der Waals surface area contributed by atoms with Gasteiger partial charge in [0.05, 0.1) is 33.7 Å². The molecule has 1 N–H and O–H groups in total. The second-order valence-electron chi connectivity index (χ2n) is 7.30. The number of rotatable bonds is 5. The molecule has 0 saturated heterocycles. The maximum atomic E-state index is 13.2. The molecule has 158 valence electrons. The van der Waals surface area contributed by atoms with Crippen LogP contribution in [-0.2, 0) is 0 Å². The van der Waals surface area contributed by atoms with Crippen molar-refractivity contribution in [2.24, 2.45) is 0 Å². The maximum absolute atomic E-state index is 13.2. The van der Waals surface area contributed by atoms with Gasteiger partial charge in [-0.1, -0.05) is 30.3 Å². The first kappa shape index (κ1) is 22.9. The van der Waals surface area contributed by atoms with Crippen LogP contribution in [0.4, 0.5) is 5.69 Å². The normalized spacial score (nSPS) is 10.8. The van der Waals surface area contributed by atoms with Gasteiger partial charge in [0.1, 0.15) is 5.75 Å². The zero-order valence-corrected chi connectivity index (χ0v) is 17.8. The van der Waals surface area contributed by atoms with E-state index in [-0.39, 0.29) is 21.8 Å². The van der Waals surface area contributed by atoms with Gasteiger partial charge < -0.3 is 4.74 Å². The number of ether oxygens (including phenoxy) is 1. The minimum Gasteiger partial charge on any atom is -0.496 e. The zero-order valence-electron chi connectivity index (χ0n) is 17.1. The molecule has 9 heteroatoms. The van der Waals surface area contributed by atoms with Crippen LogP contribution in [0.5, 0.6) is 5.75 Å². The summed E-state index contributed by atoms with van der Waals surface area (Å²) in [6.45, 7) is 8.82. The molecule has 0 unspecified atom stereocenters. The molecule has 0 spiro atoms. The molecule has 0 radical (unpaired) electrons. The van der Waals surface area contributed by atoms with E-state index in [1.807, 2.05) is 0 Å². The largest absolute Gasteiger partial charge is 0.496 e. The Bertz CT molecular complexity index is 1010. The topological polar surface area (TPSA) is 102 Å². The monoisotopic (exact) mass is 431 g/mol. The Morgan fingerprint density at radius 2 is 1.90 bits per heavy atom. The number of nitrogens with zero attached hydrogens (tertiary/aromatic N) is 2. The van der Waals surface area contributed by atoms with Crippen LogP contribution in [0.1, 0.15) is 47.1 Å². The van der Waals surface area contributed by atoms with Crippen molar-refractivity contribution in [3.63, 3.8) is 0 Å². The Labute approximate surface area is 179 Å². The average molecular weight is 432 g/mol. The number of nitro benzene ring substituents is 1. The zero-order chi connectivity index (χ0) is 22.6. The van der Waals surface area contributed by atoms with Gasteiger partial charge in [0.15, 0.2) is 0 Å². The van der Waals surface area contributed by atoms with Crippen molar-refractivity contribution in [1.82, 2.24) is 10.4 Å². The lowest BCUT2D eigenvalue weighted by atomic mass is 10.0. The van der Waals surface area contributed by atoms with Crippen LogP contribution < -0.4 is 10.2 Å². The smallest absolute Gasteiger partial charge is 0.274 e. The molecular weight excluding hydrogens is 410 g/mol. The summed E-state index contributed by atoms with van der Waals surface area (Å²) in [5.74, 6) is -0.811. The lowest BCUT2D eigenvalue weighted by molar-refractivity contribution is -0.384. The molecule has 2 aromatic rings. The van der Waals surface area contributed by atoms with Crippen LogP contribution in [0.25, 0.3) is 6.08 Å². The number of hydrogen-bond acceptors (Lipinski definition) is 5. The van der Waals surface area contributed by atoms with Crippen molar-refractivity contribution >= 4 is 35.2 Å². The highest BCUT2D eigenvalue weighted by atomic mass is 35.5. The number of hydrazine groups is 1. The quantitative estimate of drug-likeness (QED) is 0.555. The maximum Gasteiger partial charge on any atom is 0.274 e. The summed E-state index contributed by atoms with van der Waals surface area (Å²) in [6.07, 6.45) is 1.48. The van der Waals surface area contributed by atoms with E-state index in [0.717, 1.165) is 11.1 Å². The van der Waals surface area contributed by atoms with Crippen molar-refractivity contribution in [1.29, 1.82) is 0 Å². The lowest BCUT2D eigenvalue weighted by Crippen LogP contribution is -2.56. The van der Waals surface area contributed by atoms with E-state index in [0.29, 0.717) is 11.3 Å². The van der Waals surface area contributed by atoms with Crippen LogP contribution >= 0.6 is 11.6 Å². The van der Waals surface area contributed by atoms with E-state index in [1.54, 1.807) is 39.0 Å². The molecule has 0 aliphatic carbocycles. The minimum absolute atomic E-state index is 0.0299. The highest BCUT2D eigenvalue weighted by Gasteiger charge is 2.32. The number of halogens is 1. The fourth-order valence-electron chi connectivity index (χ4n) is 2.73. The first-order valence-electron chi connectivity index (χ1n) is 8.90. The third-order valence-corrected chi connectivity index (χ3v) is 4.54. The fourth-order valence-corrected chi connectivity index (χ4v) is 2.93. The Kier molecular flexibility index (Phi) is 6.84. The van der Waals surface area contributed by atoms with Gasteiger partial charge in [-0.15, -0.1) is 0 Å². The number of carbonyl (C=O) groups is 2. The number of carbonyl (C=O) groups excluding carboxylic acids is 2. The van der Waals surface area contributed by atoms with Crippen LogP contribution in [0, 0.1) is 10.1 Å². The molecule has 0 aromatic heterocycles. The fraction of sp³-hybridized carbons (Fsp3) is 0.238. The van der Waals surface area contributed by atoms with E-state index in [9.17, 15) is 19.7 Å². The van der Waals surface area contributed by atoms with Gasteiger partial charge in [-0.25, -0.2) is 5.01 Å². The standard InChI is InChI=1S/C21H22ClN3O5/c1-6-14-15(8-7-9-18(14)30-5)19(26)23-24(21(2,3)4)20(27)16-12-13(25(28)29)10-11-17(16)22/h6-12H,1H2,2-5H3,(H,23,26). The number of amides is 2. The van der Waals surface area contributed by atoms with E-state index in [2.05, 4.69) is 12.0 Å². The molecule has 0 bridgehead atoms. The minimum atomic E-state index is -0.867. The molecule has 8 nitrogen and oxygen atoms in total. The van der Waals surface area contributed by atoms with Gasteiger partial charge in [0, 0.05) is 17.7 Å². The number of benzene rings is 2. The van der Waals surface area contributed by atoms with Crippen LogP contribution in [0.2, 0.25) is 5.02 Å². The van der Waals surface area contributed by atoms with Crippen LogP contribution in [-0.4, -0.2) is 34.4 Å². The number of hydrogen-bond donors (Lipinski definition) is 1. The highest BCUT2D eigenvalue weighted by Crippen LogP contribution is 2.27. The van der Waals surface area contributed by atoms with Crippen molar-refractivity contribution < 1.29 is 19.2 Å². The summed E-state index contributed by atoms with van der Waals surface area (Å²) < 4.78 is 5.25. The van der Waals surface area contributed by atoms with Gasteiger partial charge in [0.2, 0.25) is 0 Å². The summed E-state index contributed by atoms with van der Waals surface area (Å²) in [5, 5.41) is 12.2. The van der Waals surface area contributed by atoms with Crippen molar-refractivity contribution in [2.75, 3.05) is 7.11 Å². The Hall–Kier alpha value is -3.39. The summed E-state index contributed by atoms with van der Waals surface area (Å²) >= 11 is 6.12. The van der Waals surface area contributed by atoms with E-state index in [1.165, 1.54) is 25.3 Å². The molecule has 2 amide bonds. The molecule has 2 aromatic carbocycles. The van der Waals surface area contributed by atoms with Crippen LogP contribution in [0.15, 0.2) is 43.0 Å². The Morgan fingerprint density at radius 3 is 2.43 bits per heavy atom. The SMILES string of the molecule is C=Cc1c(OC)cccc1C(=O)NN(C(=O)c1cc([N+](=O)[O-])ccc1Cl)C(C)(C)C. The highest BCUT2D eigenvalue weighted by molar-refractivity contribution is 6.34. The van der Waals surface area contributed by atoms with Gasteiger partial charge in [0.25, 0.3) is 17.5 Å². The van der Waals surface area contributed by atoms with E-state index >= 15 is 0 Å². The molecule has 0 aliphatic rings. The number of methoxy groups -OCH3 is 1. The third-order valence-electron chi connectivity index (χ3n) is 4.21. The average Bonchev–Trinajstić information content (AvgIpc) is 2.69.